The molecule has 0 radical (unpaired) electrons. The molecule has 27 heavy (non-hydrogen) atoms. The first-order valence-corrected chi connectivity index (χ1v) is 9.32. The molecule has 3 rings (SSSR count). The topological polar surface area (TPSA) is 82.5 Å². The van der Waals surface area contributed by atoms with Crippen LogP contribution >= 0.6 is 11.6 Å². The standard InChI is InChI=1S/C20H22ClN3O3/c1-12-9-15(6-7-16(12)20(26)27)22-19(25)17-10-14(21)11-18(23-17)24-8-4-3-5-13(24)2/h6-7,9-11,13H,3-5,8H2,1-2H3,(H,22,25)(H,26,27)/t13-/m1/s1. The average molecular weight is 388 g/mol. The number of anilines is 2. The van der Waals surface area contributed by atoms with Crippen LogP contribution in [0.15, 0.2) is 30.3 Å². The van der Waals surface area contributed by atoms with Crippen LogP contribution in [0.3, 0.4) is 0 Å². The Labute approximate surface area is 163 Å². The second-order valence-corrected chi connectivity index (χ2v) is 7.29. The lowest BCUT2D eigenvalue weighted by Gasteiger charge is -2.34. The van der Waals surface area contributed by atoms with Crippen molar-refractivity contribution in [2.75, 3.05) is 16.8 Å². The van der Waals surface area contributed by atoms with Gasteiger partial charge in [0.15, 0.2) is 0 Å². The number of amides is 1. The average Bonchev–Trinajstić information content (AvgIpc) is 2.61. The summed E-state index contributed by atoms with van der Waals surface area (Å²) in [6.07, 6.45) is 3.37. The molecule has 2 aromatic rings. The van der Waals surface area contributed by atoms with Gasteiger partial charge in [0.2, 0.25) is 0 Å². The van der Waals surface area contributed by atoms with Crippen LogP contribution in [-0.2, 0) is 0 Å². The molecule has 2 heterocycles. The Morgan fingerprint density at radius 2 is 2.04 bits per heavy atom. The summed E-state index contributed by atoms with van der Waals surface area (Å²) >= 11 is 6.23. The fraction of sp³-hybridized carbons (Fsp3) is 0.350. The van der Waals surface area contributed by atoms with Crippen LogP contribution in [0.5, 0.6) is 0 Å². The predicted molar refractivity (Wildman–Crippen MR) is 106 cm³/mol. The van der Waals surface area contributed by atoms with Crippen LogP contribution in [0.4, 0.5) is 11.5 Å². The van der Waals surface area contributed by atoms with Gasteiger partial charge >= 0.3 is 5.97 Å². The summed E-state index contributed by atoms with van der Waals surface area (Å²) in [5.74, 6) is -0.676. The number of aromatic carboxylic acids is 1. The molecule has 0 spiro atoms. The lowest BCUT2D eigenvalue weighted by molar-refractivity contribution is 0.0696. The number of carboxylic acids is 1. The molecule has 2 N–H and O–H groups in total. The summed E-state index contributed by atoms with van der Waals surface area (Å²) in [7, 11) is 0. The summed E-state index contributed by atoms with van der Waals surface area (Å²) < 4.78 is 0. The molecular formula is C20H22ClN3O3. The maximum Gasteiger partial charge on any atom is 0.335 e. The number of benzene rings is 1. The van der Waals surface area contributed by atoms with Gasteiger partial charge in [0, 0.05) is 23.3 Å². The highest BCUT2D eigenvalue weighted by atomic mass is 35.5. The second kappa shape index (κ2) is 7.96. The van der Waals surface area contributed by atoms with Gasteiger partial charge in [-0.05, 0) is 69.0 Å². The Morgan fingerprint density at radius 3 is 2.70 bits per heavy atom. The van der Waals surface area contributed by atoms with Gasteiger partial charge in [0.1, 0.15) is 11.5 Å². The Bertz CT molecular complexity index is 885. The van der Waals surface area contributed by atoms with Gasteiger partial charge in [-0.2, -0.15) is 0 Å². The Balaban J connectivity index is 1.82. The number of hydrogen-bond acceptors (Lipinski definition) is 4. The van der Waals surface area contributed by atoms with Crippen molar-refractivity contribution in [2.24, 2.45) is 0 Å². The summed E-state index contributed by atoms with van der Waals surface area (Å²) in [5, 5.41) is 12.3. The number of carbonyl (C=O) groups excluding carboxylic acids is 1. The van der Waals surface area contributed by atoms with Crippen molar-refractivity contribution in [3.05, 3.63) is 52.2 Å². The zero-order chi connectivity index (χ0) is 19.6. The van der Waals surface area contributed by atoms with E-state index in [9.17, 15) is 9.59 Å². The highest BCUT2D eigenvalue weighted by Crippen LogP contribution is 2.26. The van der Waals surface area contributed by atoms with Gasteiger partial charge in [0.05, 0.1) is 5.56 Å². The van der Waals surface area contributed by atoms with Crippen molar-refractivity contribution < 1.29 is 14.7 Å². The van der Waals surface area contributed by atoms with Crippen LogP contribution in [0.1, 0.15) is 52.6 Å². The van der Waals surface area contributed by atoms with Gasteiger partial charge in [-0.15, -0.1) is 0 Å². The highest BCUT2D eigenvalue weighted by Gasteiger charge is 2.21. The molecule has 0 saturated carbocycles. The summed E-state index contributed by atoms with van der Waals surface area (Å²) in [6.45, 7) is 4.73. The molecule has 1 aromatic carbocycles. The van der Waals surface area contributed by atoms with E-state index in [2.05, 4.69) is 22.1 Å². The van der Waals surface area contributed by atoms with Crippen molar-refractivity contribution in [2.45, 2.75) is 39.2 Å². The van der Waals surface area contributed by atoms with Crippen molar-refractivity contribution in [1.82, 2.24) is 4.98 Å². The molecule has 0 aliphatic carbocycles. The SMILES string of the molecule is Cc1cc(NC(=O)c2cc(Cl)cc(N3CCCC[C@H]3C)n2)ccc1C(=O)O. The fourth-order valence-electron chi connectivity index (χ4n) is 3.36. The smallest absolute Gasteiger partial charge is 0.335 e. The van der Waals surface area contributed by atoms with Crippen molar-refractivity contribution in [1.29, 1.82) is 0 Å². The van der Waals surface area contributed by atoms with Gasteiger partial charge in [0.25, 0.3) is 5.91 Å². The molecule has 0 unspecified atom stereocenters. The van der Waals surface area contributed by atoms with E-state index >= 15 is 0 Å². The monoisotopic (exact) mass is 387 g/mol. The maximum atomic E-state index is 12.6. The lowest BCUT2D eigenvalue weighted by atomic mass is 10.0. The van der Waals surface area contributed by atoms with E-state index < -0.39 is 5.97 Å². The fourth-order valence-corrected chi connectivity index (χ4v) is 3.56. The lowest BCUT2D eigenvalue weighted by Crippen LogP contribution is -2.38. The third kappa shape index (κ3) is 4.39. The number of carboxylic acid groups (broad SMARTS) is 1. The number of aryl methyl sites for hydroxylation is 1. The van der Waals surface area contributed by atoms with E-state index in [1.165, 1.54) is 18.6 Å². The van der Waals surface area contributed by atoms with E-state index in [0.29, 0.717) is 28.1 Å². The molecule has 1 atom stereocenters. The van der Waals surface area contributed by atoms with Crippen LogP contribution in [-0.4, -0.2) is 34.6 Å². The maximum absolute atomic E-state index is 12.6. The molecule has 142 valence electrons. The summed E-state index contributed by atoms with van der Waals surface area (Å²) in [6, 6.07) is 8.33. The zero-order valence-corrected chi connectivity index (χ0v) is 16.1. The summed E-state index contributed by atoms with van der Waals surface area (Å²) in [4.78, 5) is 30.4. The second-order valence-electron chi connectivity index (χ2n) is 6.86. The molecule has 1 amide bonds. The van der Waals surface area contributed by atoms with Crippen molar-refractivity contribution in [3.8, 4) is 0 Å². The Kier molecular flexibility index (Phi) is 5.65. The number of aromatic nitrogens is 1. The number of nitrogens with one attached hydrogen (secondary N) is 1. The van der Waals surface area contributed by atoms with E-state index in [-0.39, 0.29) is 17.2 Å². The van der Waals surface area contributed by atoms with E-state index in [4.69, 9.17) is 16.7 Å². The molecule has 6 nitrogen and oxygen atoms in total. The zero-order valence-electron chi connectivity index (χ0n) is 15.3. The minimum Gasteiger partial charge on any atom is -0.478 e. The number of carbonyl (C=O) groups is 2. The Morgan fingerprint density at radius 1 is 1.26 bits per heavy atom. The van der Waals surface area contributed by atoms with Crippen LogP contribution in [0.2, 0.25) is 5.02 Å². The van der Waals surface area contributed by atoms with Gasteiger partial charge in [-0.1, -0.05) is 11.6 Å². The molecular weight excluding hydrogens is 366 g/mol. The normalized spacial score (nSPS) is 16.9. The number of piperidine rings is 1. The molecule has 1 saturated heterocycles. The Hall–Kier alpha value is -2.60. The quantitative estimate of drug-likeness (QED) is 0.813. The largest absolute Gasteiger partial charge is 0.478 e. The number of rotatable bonds is 4. The number of nitrogens with zero attached hydrogens (tertiary/aromatic N) is 2. The van der Waals surface area contributed by atoms with Crippen LogP contribution in [0, 0.1) is 6.92 Å². The van der Waals surface area contributed by atoms with Crippen molar-refractivity contribution in [3.63, 3.8) is 0 Å². The number of halogens is 1. The van der Waals surface area contributed by atoms with Crippen LogP contribution in [0.25, 0.3) is 0 Å². The van der Waals surface area contributed by atoms with Gasteiger partial charge in [-0.3, -0.25) is 4.79 Å². The van der Waals surface area contributed by atoms with Gasteiger partial charge < -0.3 is 15.3 Å². The number of hydrogen-bond donors (Lipinski definition) is 2. The van der Waals surface area contributed by atoms with Crippen LogP contribution < -0.4 is 10.2 Å². The number of pyridine rings is 1. The third-order valence-corrected chi connectivity index (χ3v) is 5.04. The van der Waals surface area contributed by atoms with E-state index in [0.717, 1.165) is 19.4 Å². The molecule has 0 bridgehead atoms. The van der Waals surface area contributed by atoms with Crippen molar-refractivity contribution >= 4 is 35.0 Å². The first-order valence-electron chi connectivity index (χ1n) is 8.94. The van der Waals surface area contributed by atoms with E-state index in [1.54, 1.807) is 25.1 Å². The first-order chi connectivity index (χ1) is 12.8. The molecule has 7 heteroatoms. The predicted octanol–water partition coefficient (Wildman–Crippen LogP) is 4.37. The van der Waals surface area contributed by atoms with E-state index in [1.807, 2.05) is 0 Å². The van der Waals surface area contributed by atoms with Gasteiger partial charge in [-0.25, -0.2) is 9.78 Å². The molecule has 1 fully saturated rings. The minimum absolute atomic E-state index is 0.204. The summed E-state index contributed by atoms with van der Waals surface area (Å²) in [5.41, 5.74) is 1.52. The highest BCUT2D eigenvalue weighted by molar-refractivity contribution is 6.31. The third-order valence-electron chi connectivity index (χ3n) is 4.82. The molecule has 1 aliphatic rings. The minimum atomic E-state index is -0.998. The molecule has 1 aromatic heterocycles. The first kappa shape index (κ1) is 19.2. The molecule has 1 aliphatic heterocycles.